The van der Waals surface area contributed by atoms with Crippen LogP contribution in [0, 0.1) is 11.8 Å². The molecule has 0 aliphatic heterocycles. The van der Waals surface area contributed by atoms with Crippen molar-refractivity contribution in [2.45, 2.75) is 44.3 Å². The number of aliphatic hydroxyl groups excluding tert-OH is 1. The van der Waals surface area contributed by atoms with Gasteiger partial charge in [-0.3, -0.25) is 4.79 Å². The van der Waals surface area contributed by atoms with Crippen molar-refractivity contribution in [1.29, 1.82) is 0 Å². The maximum absolute atomic E-state index is 10.9. The van der Waals surface area contributed by atoms with E-state index in [0.717, 1.165) is 10.9 Å². The van der Waals surface area contributed by atoms with Gasteiger partial charge in [0.25, 0.3) is 0 Å². The molecule has 0 aromatic rings. The SMILES string of the molecule is COC(=O)CCCC#C/C=C/[C@@H](OC)[C@@H](O)CC/C=C(Br)/C=C\Br. The summed E-state index contributed by atoms with van der Waals surface area (Å²) in [6.07, 6.45) is 9.27. The summed E-state index contributed by atoms with van der Waals surface area (Å²) >= 11 is 6.60. The van der Waals surface area contributed by atoms with Crippen LogP contribution in [0.1, 0.15) is 32.1 Å². The van der Waals surface area contributed by atoms with Crippen LogP contribution in [-0.2, 0) is 14.3 Å². The minimum Gasteiger partial charge on any atom is -0.469 e. The zero-order valence-corrected chi connectivity index (χ0v) is 17.2. The number of hydrogen-bond donors (Lipinski definition) is 1. The van der Waals surface area contributed by atoms with Gasteiger partial charge in [-0.1, -0.05) is 49.8 Å². The zero-order chi connectivity index (χ0) is 18.2. The second-order valence-corrected chi connectivity index (χ2v) is 6.28. The van der Waals surface area contributed by atoms with Crippen LogP contribution >= 0.6 is 31.9 Å². The van der Waals surface area contributed by atoms with Crippen LogP contribution in [0.2, 0.25) is 0 Å². The fraction of sp³-hybridized carbons (Fsp3) is 0.500. The van der Waals surface area contributed by atoms with E-state index in [0.29, 0.717) is 25.7 Å². The Hall–Kier alpha value is -0.870. The maximum atomic E-state index is 10.9. The van der Waals surface area contributed by atoms with E-state index in [1.165, 1.54) is 7.11 Å². The van der Waals surface area contributed by atoms with E-state index in [1.54, 1.807) is 24.2 Å². The van der Waals surface area contributed by atoms with Crippen LogP contribution in [0.25, 0.3) is 0 Å². The fourth-order valence-corrected chi connectivity index (χ4v) is 2.75. The molecule has 0 rings (SSSR count). The molecule has 4 nitrogen and oxygen atoms in total. The normalized spacial score (nSPS) is 14.5. The monoisotopic (exact) mass is 462 g/mol. The van der Waals surface area contributed by atoms with Gasteiger partial charge in [-0.2, -0.15) is 0 Å². The Morgan fingerprint density at radius 2 is 2.12 bits per heavy atom. The molecule has 24 heavy (non-hydrogen) atoms. The molecule has 2 atom stereocenters. The van der Waals surface area contributed by atoms with Crippen molar-refractivity contribution in [1.82, 2.24) is 0 Å². The number of ether oxygens (including phenoxy) is 2. The Bertz CT molecular complexity index is 501. The summed E-state index contributed by atoms with van der Waals surface area (Å²) in [6, 6.07) is 0. The molecule has 0 aromatic heterocycles. The predicted molar refractivity (Wildman–Crippen MR) is 104 cm³/mol. The number of methoxy groups -OCH3 is 2. The average molecular weight is 464 g/mol. The van der Waals surface area contributed by atoms with Crippen LogP contribution in [0.3, 0.4) is 0 Å². The van der Waals surface area contributed by atoms with E-state index < -0.39 is 12.2 Å². The molecule has 0 spiro atoms. The van der Waals surface area contributed by atoms with E-state index in [9.17, 15) is 9.90 Å². The van der Waals surface area contributed by atoms with Gasteiger partial charge in [0.1, 0.15) is 6.10 Å². The molecule has 0 aliphatic rings. The van der Waals surface area contributed by atoms with Gasteiger partial charge in [-0.25, -0.2) is 0 Å². The predicted octanol–water partition coefficient (Wildman–Crippen LogP) is 4.23. The minimum atomic E-state index is -0.600. The van der Waals surface area contributed by atoms with Crippen molar-refractivity contribution >= 4 is 37.8 Å². The molecule has 0 bridgehead atoms. The number of carbonyl (C=O) groups excluding carboxylic acids is 1. The van der Waals surface area contributed by atoms with Gasteiger partial charge in [0.15, 0.2) is 0 Å². The van der Waals surface area contributed by atoms with Crippen molar-refractivity contribution in [2.24, 2.45) is 0 Å². The van der Waals surface area contributed by atoms with Gasteiger partial charge < -0.3 is 14.6 Å². The number of rotatable bonds is 10. The quantitative estimate of drug-likeness (QED) is 0.228. The molecule has 0 radical (unpaired) electrons. The highest BCUT2D eigenvalue weighted by Crippen LogP contribution is 2.13. The number of hydrogen-bond acceptors (Lipinski definition) is 4. The van der Waals surface area contributed by atoms with Crippen molar-refractivity contribution in [3.05, 3.63) is 33.8 Å². The highest BCUT2D eigenvalue weighted by Gasteiger charge is 2.14. The summed E-state index contributed by atoms with van der Waals surface area (Å²) in [4.78, 5) is 12.7. The number of halogens is 2. The molecule has 0 heterocycles. The van der Waals surface area contributed by atoms with Gasteiger partial charge in [0.05, 0.1) is 13.2 Å². The molecule has 0 fully saturated rings. The van der Waals surface area contributed by atoms with E-state index in [4.69, 9.17) is 4.74 Å². The third-order valence-corrected chi connectivity index (χ3v) is 3.91. The van der Waals surface area contributed by atoms with Gasteiger partial charge >= 0.3 is 5.97 Å². The molecule has 0 saturated carbocycles. The molecule has 0 unspecified atom stereocenters. The zero-order valence-electron chi connectivity index (χ0n) is 14.0. The van der Waals surface area contributed by atoms with E-state index >= 15 is 0 Å². The average Bonchev–Trinajstić information content (AvgIpc) is 2.57. The minimum absolute atomic E-state index is 0.220. The van der Waals surface area contributed by atoms with Crippen molar-refractivity contribution in [3.63, 3.8) is 0 Å². The molecule has 0 saturated heterocycles. The Morgan fingerprint density at radius 1 is 1.38 bits per heavy atom. The van der Waals surface area contributed by atoms with Crippen LogP contribution in [0.15, 0.2) is 33.8 Å². The molecular weight excluding hydrogens is 440 g/mol. The Morgan fingerprint density at radius 3 is 2.75 bits per heavy atom. The smallest absolute Gasteiger partial charge is 0.305 e. The lowest BCUT2D eigenvalue weighted by Crippen LogP contribution is -2.25. The molecule has 1 N–H and O–H groups in total. The number of carbonyl (C=O) groups is 1. The molecule has 0 aromatic carbocycles. The number of aliphatic hydroxyl groups is 1. The summed E-state index contributed by atoms with van der Waals surface area (Å²) in [5, 5.41) is 10.1. The lowest BCUT2D eigenvalue weighted by Gasteiger charge is -2.17. The Kier molecular flexibility index (Phi) is 15.1. The number of esters is 1. The summed E-state index contributed by atoms with van der Waals surface area (Å²) < 4.78 is 10.8. The van der Waals surface area contributed by atoms with Crippen molar-refractivity contribution < 1.29 is 19.4 Å². The topological polar surface area (TPSA) is 55.8 Å². The summed E-state index contributed by atoms with van der Waals surface area (Å²) in [5.74, 6) is 5.61. The third-order valence-electron chi connectivity index (χ3n) is 3.06. The third kappa shape index (κ3) is 12.5. The van der Waals surface area contributed by atoms with E-state index in [-0.39, 0.29) is 5.97 Å². The van der Waals surface area contributed by atoms with Gasteiger partial charge in [-0.05, 0) is 42.5 Å². The summed E-state index contributed by atoms with van der Waals surface area (Å²) in [5.41, 5.74) is 0. The lowest BCUT2D eigenvalue weighted by atomic mass is 10.1. The molecule has 0 aliphatic carbocycles. The van der Waals surface area contributed by atoms with E-state index in [1.807, 2.05) is 12.2 Å². The second-order valence-electron chi connectivity index (χ2n) is 4.84. The van der Waals surface area contributed by atoms with Gasteiger partial charge in [0, 0.05) is 24.4 Å². The first-order valence-corrected chi connectivity index (χ1v) is 9.31. The fourth-order valence-electron chi connectivity index (χ4n) is 1.75. The highest BCUT2D eigenvalue weighted by atomic mass is 79.9. The molecule has 6 heteroatoms. The second kappa shape index (κ2) is 15.6. The van der Waals surface area contributed by atoms with Crippen LogP contribution < -0.4 is 0 Å². The Labute approximate surface area is 161 Å². The molecular formula is C18H24Br2O4. The highest BCUT2D eigenvalue weighted by molar-refractivity contribution is 9.12. The molecule has 0 amide bonds. The van der Waals surface area contributed by atoms with Crippen molar-refractivity contribution in [3.8, 4) is 11.8 Å². The largest absolute Gasteiger partial charge is 0.469 e. The maximum Gasteiger partial charge on any atom is 0.305 e. The summed E-state index contributed by atoms with van der Waals surface area (Å²) in [7, 11) is 2.93. The van der Waals surface area contributed by atoms with Crippen LogP contribution in [-0.4, -0.2) is 37.5 Å². The number of allylic oxidation sites excluding steroid dienone is 4. The first-order valence-electron chi connectivity index (χ1n) is 7.60. The lowest BCUT2D eigenvalue weighted by molar-refractivity contribution is -0.140. The first kappa shape index (κ1) is 23.1. The van der Waals surface area contributed by atoms with Gasteiger partial charge in [-0.15, -0.1) is 0 Å². The summed E-state index contributed by atoms with van der Waals surface area (Å²) in [6.45, 7) is 0. The van der Waals surface area contributed by atoms with E-state index in [2.05, 4.69) is 48.4 Å². The standard InChI is InChI=1S/C18H24Br2O4/c1-23-17(16(21)10-8-9-15(20)13-14-19)11-6-4-3-5-7-12-18(22)24-2/h6,9,11,13-14,16-17,21H,5,7-8,10,12H2,1-2H3/b11-6+,14-13-,15-9-/t16-,17+/m0/s1. The van der Waals surface area contributed by atoms with Gasteiger partial charge in [0.2, 0.25) is 0 Å². The van der Waals surface area contributed by atoms with Crippen molar-refractivity contribution in [2.75, 3.05) is 14.2 Å². The Balaban J connectivity index is 4.20. The first-order chi connectivity index (χ1) is 11.5. The number of unbranched alkanes of at least 4 members (excludes halogenated alkanes) is 1. The molecule has 134 valence electrons. The van der Waals surface area contributed by atoms with Crippen LogP contribution in [0.5, 0.6) is 0 Å². The van der Waals surface area contributed by atoms with Crippen LogP contribution in [0.4, 0.5) is 0 Å².